The molecule has 1 saturated heterocycles. The number of hydrogen-bond donors (Lipinski definition) is 2. The first kappa shape index (κ1) is 13.6. The van der Waals surface area contributed by atoms with Gasteiger partial charge < -0.3 is 15.2 Å². The number of nitrogens with one attached hydrogen (secondary N) is 1. The first-order valence-electron chi connectivity index (χ1n) is 7.24. The van der Waals surface area contributed by atoms with Crippen LogP contribution in [-0.4, -0.2) is 30.5 Å². The van der Waals surface area contributed by atoms with Gasteiger partial charge in [0.05, 0.1) is 5.60 Å². The van der Waals surface area contributed by atoms with Crippen molar-refractivity contribution < 1.29 is 9.84 Å². The number of aliphatic hydroxyl groups is 1. The third-order valence-corrected chi connectivity index (χ3v) is 4.07. The molecule has 2 N–H and O–H groups in total. The van der Waals surface area contributed by atoms with E-state index in [4.69, 9.17) is 4.74 Å². The molecule has 3 rings (SSSR count). The summed E-state index contributed by atoms with van der Waals surface area (Å²) >= 11 is 0. The second-order valence-electron chi connectivity index (χ2n) is 5.58. The van der Waals surface area contributed by atoms with Crippen molar-refractivity contribution in [2.75, 3.05) is 19.8 Å². The molecule has 1 fully saturated rings. The highest BCUT2D eigenvalue weighted by Crippen LogP contribution is 2.21. The van der Waals surface area contributed by atoms with Gasteiger partial charge in [-0.1, -0.05) is 42.5 Å². The van der Waals surface area contributed by atoms with E-state index < -0.39 is 5.60 Å². The number of fused-ring (bicyclic) bond motifs is 1. The van der Waals surface area contributed by atoms with Gasteiger partial charge in [0.2, 0.25) is 0 Å². The van der Waals surface area contributed by atoms with Crippen LogP contribution < -0.4 is 5.32 Å². The number of benzene rings is 2. The third-order valence-electron chi connectivity index (χ3n) is 4.07. The van der Waals surface area contributed by atoms with Crippen LogP contribution in [0.2, 0.25) is 0 Å². The lowest BCUT2D eigenvalue weighted by molar-refractivity contribution is -0.0616. The summed E-state index contributed by atoms with van der Waals surface area (Å²) in [7, 11) is 0. The maximum Gasteiger partial charge on any atom is 0.0815 e. The molecule has 0 atom stereocenters. The average Bonchev–Trinajstić information content (AvgIpc) is 2.48. The Morgan fingerprint density at radius 2 is 1.80 bits per heavy atom. The smallest absolute Gasteiger partial charge is 0.0815 e. The predicted octanol–water partition coefficient (Wildman–Crippen LogP) is 2.47. The van der Waals surface area contributed by atoms with Crippen molar-refractivity contribution in [3.63, 3.8) is 0 Å². The molecule has 0 aromatic heterocycles. The van der Waals surface area contributed by atoms with Crippen LogP contribution in [0, 0.1) is 0 Å². The fourth-order valence-electron chi connectivity index (χ4n) is 2.80. The van der Waals surface area contributed by atoms with Crippen molar-refractivity contribution in [2.24, 2.45) is 0 Å². The molecule has 0 amide bonds. The van der Waals surface area contributed by atoms with Crippen molar-refractivity contribution in [1.29, 1.82) is 0 Å². The fraction of sp³-hybridized carbons (Fsp3) is 0.412. The van der Waals surface area contributed by atoms with Crippen molar-refractivity contribution in [3.05, 3.63) is 48.0 Å². The first-order valence-corrected chi connectivity index (χ1v) is 7.24. The van der Waals surface area contributed by atoms with E-state index in [9.17, 15) is 5.11 Å². The molecule has 1 aliphatic heterocycles. The summed E-state index contributed by atoms with van der Waals surface area (Å²) in [6.45, 7) is 2.73. The molecule has 2 aromatic carbocycles. The van der Waals surface area contributed by atoms with E-state index in [1.54, 1.807) is 0 Å². The van der Waals surface area contributed by atoms with Crippen LogP contribution >= 0.6 is 0 Å². The van der Waals surface area contributed by atoms with Gasteiger partial charge >= 0.3 is 0 Å². The highest BCUT2D eigenvalue weighted by atomic mass is 16.5. The van der Waals surface area contributed by atoms with Gasteiger partial charge in [-0.05, 0) is 16.3 Å². The van der Waals surface area contributed by atoms with Crippen LogP contribution in [0.15, 0.2) is 42.5 Å². The van der Waals surface area contributed by atoms with Crippen molar-refractivity contribution in [2.45, 2.75) is 25.0 Å². The Bertz CT molecular complexity index is 571. The Kier molecular flexibility index (Phi) is 4.01. The summed E-state index contributed by atoms with van der Waals surface area (Å²) in [6.07, 6.45) is 1.44. The lowest BCUT2D eigenvalue weighted by Gasteiger charge is -2.32. The van der Waals surface area contributed by atoms with Crippen LogP contribution in [0.5, 0.6) is 0 Å². The Labute approximate surface area is 119 Å². The minimum Gasteiger partial charge on any atom is -0.388 e. The molecule has 0 unspecified atom stereocenters. The second-order valence-corrected chi connectivity index (χ2v) is 5.58. The highest BCUT2D eigenvalue weighted by Gasteiger charge is 2.29. The van der Waals surface area contributed by atoms with E-state index in [1.165, 1.54) is 16.3 Å². The minimum absolute atomic E-state index is 0.608. The largest absolute Gasteiger partial charge is 0.388 e. The fourth-order valence-corrected chi connectivity index (χ4v) is 2.80. The normalized spacial score (nSPS) is 18.2. The molecule has 1 aliphatic rings. The molecule has 20 heavy (non-hydrogen) atoms. The Hall–Kier alpha value is -1.42. The molecular formula is C17H21NO2. The molecule has 0 spiro atoms. The molecule has 0 saturated carbocycles. The van der Waals surface area contributed by atoms with E-state index in [0.29, 0.717) is 19.8 Å². The molecule has 1 heterocycles. The van der Waals surface area contributed by atoms with Gasteiger partial charge in [0.1, 0.15) is 0 Å². The minimum atomic E-state index is -0.608. The highest BCUT2D eigenvalue weighted by molar-refractivity contribution is 5.85. The van der Waals surface area contributed by atoms with Crippen molar-refractivity contribution >= 4 is 10.8 Å². The molecule has 3 heteroatoms. The SMILES string of the molecule is OC1(CNCc2cccc3ccccc23)CCOCC1. The summed E-state index contributed by atoms with van der Waals surface area (Å²) in [5.41, 5.74) is 0.668. The van der Waals surface area contributed by atoms with Gasteiger partial charge in [-0.15, -0.1) is 0 Å². The summed E-state index contributed by atoms with van der Waals surface area (Å²) in [5, 5.41) is 16.4. The molecular weight excluding hydrogens is 250 g/mol. The molecule has 0 bridgehead atoms. The maximum absolute atomic E-state index is 10.4. The van der Waals surface area contributed by atoms with E-state index in [0.717, 1.165) is 19.4 Å². The van der Waals surface area contributed by atoms with Crippen LogP contribution in [0.4, 0.5) is 0 Å². The van der Waals surface area contributed by atoms with Crippen LogP contribution in [0.25, 0.3) is 10.8 Å². The number of hydrogen-bond acceptors (Lipinski definition) is 3. The molecule has 3 nitrogen and oxygen atoms in total. The Morgan fingerprint density at radius 3 is 2.65 bits per heavy atom. The number of rotatable bonds is 4. The summed E-state index contributed by atoms with van der Waals surface area (Å²) in [4.78, 5) is 0. The zero-order chi connectivity index (χ0) is 13.8. The molecule has 0 radical (unpaired) electrons. The Morgan fingerprint density at radius 1 is 1.05 bits per heavy atom. The monoisotopic (exact) mass is 271 g/mol. The average molecular weight is 271 g/mol. The Balaban J connectivity index is 1.65. The zero-order valence-electron chi connectivity index (χ0n) is 11.6. The summed E-state index contributed by atoms with van der Waals surface area (Å²) in [6, 6.07) is 14.8. The van der Waals surface area contributed by atoms with E-state index >= 15 is 0 Å². The first-order chi connectivity index (χ1) is 9.77. The van der Waals surface area contributed by atoms with Gasteiger partial charge in [-0.25, -0.2) is 0 Å². The summed E-state index contributed by atoms with van der Waals surface area (Å²) in [5.74, 6) is 0. The van der Waals surface area contributed by atoms with Crippen LogP contribution in [-0.2, 0) is 11.3 Å². The van der Waals surface area contributed by atoms with Gasteiger partial charge in [0.15, 0.2) is 0 Å². The maximum atomic E-state index is 10.4. The van der Waals surface area contributed by atoms with Gasteiger partial charge in [-0.2, -0.15) is 0 Å². The van der Waals surface area contributed by atoms with Gasteiger partial charge in [0.25, 0.3) is 0 Å². The second kappa shape index (κ2) is 5.92. The zero-order valence-corrected chi connectivity index (χ0v) is 11.6. The van der Waals surface area contributed by atoms with Gasteiger partial charge in [0, 0.05) is 39.1 Å². The van der Waals surface area contributed by atoms with Gasteiger partial charge in [-0.3, -0.25) is 0 Å². The van der Waals surface area contributed by atoms with Crippen molar-refractivity contribution in [3.8, 4) is 0 Å². The quantitative estimate of drug-likeness (QED) is 0.897. The third kappa shape index (κ3) is 3.01. The standard InChI is InChI=1S/C17H21NO2/c19-17(8-10-20-11-9-17)13-18-12-15-6-3-5-14-4-1-2-7-16(14)15/h1-7,18-19H,8-13H2. The van der Waals surface area contributed by atoms with Crippen LogP contribution in [0.3, 0.4) is 0 Å². The molecule has 2 aromatic rings. The number of ether oxygens (including phenoxy) is 1. The van der Waals surface area contributed by atoms with E-state index in [2.05, 4.69) is 47.8 Å². The topological polar surface area (TPSA) is 41.5 Å². The molecule has 0 aliphatic carbocycles. The van der Waals surface area contributed by atoms with Crippen LogP contribution in [0.1, 0.15) is 18.4 Å². The van der Waals surface area contributed by atoms with Crippen molar-refractivity contribution in [1.82, 2.24) is 5.32 Å². The lowest BCUT2D eigenvalue weighted by Crippen LogP contribution is -2.44. The summed E-state index contributed by atoms with van der Waals surface area (Å²) < 4.78 is 5.30. The van der Waals surface area contributed by atoms with E-state index in [1.807, 2.05) is 0 Å². The van der Waals surface area contributed by atoms with E-state index in [-0.39, 0.29) is 0 Å². The predicted molar refractivity (Wildman–Crippen MR) is 80.7 cm³/mol. The molecule has 106 valence electrons. The lowest BCUT2D eigenvalue weighted by atomic mass is 9.94.